The van der Waals surface area contributed by atoms with E-state index >= 15 is 0 Å². The molecule has 0 spiro atoms. The predicted molar refractivity (Wildman–Crippen MR) is 36.0 cm³/mol. The monoisotopic (exact) mass is 145 g/mol. The van der Waals surface area contributed by atoms with Gasteiger partial charge in [0.05, 0.1) is 13.2 Å². The summed E-state index contributed by atoms with van der Waals surface area (Å²) in [7, 11) is 0. The summed E-state index contributed by atoms with van der Waals surface area (Å²) in [5.74, 6) is -0.506. The van der Waals surface area contributed by atoms with Crippen LogP contribution in [-0.2, 0) is 9.63 Å². The van der Waals surface area contributed by atoms with Crippen LogP contribution in [0.15, 0.2) is 12.2 Å². The fourth-order valence-electron chi connectivity index (χ4n) is 0.249. The Morgan fingerprint density at radius 1 is 1.80 bits per heavy atom. The molecule has 2 N–H and O–H groups in total. The molecule has 4 nitrogen and oxygen atoms in total. The van der Waals surface area contributed by atoms with Gasteiger partial charge in [-0.15, -0.1) is 0 Å². The maximum absolute atomic E-state index is 10.6. The molecule has 0 fully saturated rings. The average molecular weight is 145 g/mol. The van der Waals surface area contributed by atoms with E-state index in [0.29, 0.717) is 5.57 Å². The lowest BCUT2D eigenvalue weighted by Gasteiger charge is -2.01. The van der Waals surface area contributed by atoms with Gasteiger partial charge in [0, 0.05) is 5.57 Å². The van der Waals surface area contributed by atoms with Crippen LogP contribution >= 0.6 is 0 Å². The number of carbonyl (C=O) groups is 1. The summed E-state index contributed by atoms with van der Waals surface area (Å²) >= 11 is 0. The molecule has 10 heavy (non-hydrogen) atoms. The third-order valence-corrected chi connectivity index (χ3v) is 0.727. The van der Waals surface area contributed by atoms with Gasteiger partial charge in [-0.1, -0.05) is 6.58 Å². The third-order valence-electron chi connectivity index (χ3n) is 0.727. The van der Waals surface area contributed by atoms with E-state index in [2.05, 4.69) is 16.9 Å². The Morgan fingerprint density at radius 3 is 2.80 bits per heavy atom. The fraction of sp³-hybridized carbons (Fsp3) is 0.500. The lowest BCUT2D eigenvalue weighted by Crippen LogP contribution is -2.23. The Labute approximate surface area is 59.4 Å². The van der Waals surface area contributed by atoms with Gasteiger partial charge in [0.2, 0.25) is 0 Å². The molecule has 0 rings (SSSR count). The zero-order valence-electron chi connectivity index (χ0n) is 5.89. The third kappa shape index (κ3) is 4.05. The molecule has 4 heteroatoms. The Kier molecular flexibility index (Phi) is 4.53. The molecule has 0 aliphatic carbocycles. The van der Waals surface area contributed by atoms with Crippen LogP contribution in [0.3, 0.4) is 0 Å². The number of hydrogen-bond donors (Lipinski definition) is 2. The fourth-order valence-corrected chi connectivity index (χ4v) is 0.249. The van der Waals surface area contributed by atoms with Crippen molar-refractivity contribution in [1.29, 1.82) is 0 Å². The second-order valence-corrected chi connectivity index (χ2v) is 1.79. The van der Waals surface area contributed by atoms with Crippen LogP contribution < -0.4 is 5.48 Å². The first kappa shape index (κ1) is 9.13. The molecule has 58 valence electrons. The Balaban J connectivity index is 3.31. The van der Waals surface area contributed by atoms with Crippen molar-refractivity contribution in [3.63, 3.8) is 0 Å². The average Bonchev–Trinajstić information content (AvgIpc) is 1.88. The Morgan fingerprint density at radius 2 is 2.40 bits per heavy atom. The molecule has 0 amide bonds. The van der Waals surface area contributed by atoms with Gasteiger partial charge in [-0.3, -0.25) is 0 Å². The number of aliphatic hydroxyl groups is 1. The van der Waals surface area contributed by atoms with E-state index in [0.717, 1.165) is 0 Å². The van der Waals surface area contributed by atoms with Crippen LogP contribution in [-0.4, -0.2) is 24.2 Å². The van der Waals surface area contributed by atoms with Crippen molar-refractivity contribution >= 4 is 5.97 Å². The molecule has 0 aromatic carbocycles. The number of rotatable bonds is 4. The zero-order chi connectivity index (χ0) is 7.98. The first-order valence-electron chi connectivity index (χ1n) is 2.89. The van der Waals surface area contributed by atoms with Crippen molar-refractivity contribution in [3.8, 4) is 0 Å². The molecular weight excluding hydrogens is 134 g/mol. The van der Waals surface area contributed by atoms with Crippen molar-refractivity contribution in [2.45, 2.75) is 6.92 Å². The van der Waals surface area contributed by atoms with Gasteiger partial charge in [-0.05, 0) is 6.92 Å². The van der Waals surface area contributed by atoms with Crippen LogP contribution in [0.5, 0.6) is 0 Å². The molecule has 0 saturated carbocycles. The molecule has 0 aromatic rings. The van der Waals surface area contributed by atoms with Crippen LogP contribution in [0.1, 0.15) is 6.92 Å². The van der Waals surface area contributed by atoms with Gasteiger partial charge in [-0.2, -0.15) is 5.48 Å². The summed E-state index contributed by atoms with van der Waals surface area (Å²) in [6.45, 7) is 5.07. The minimum Gasteiger partial charge on any atom is -0.395 e. The van der Waals surface area contributed by atoms with Crippen molar-refractivity contribution in [1.82, 2.24) is 5.48 Å². The number of nitrogens with one attached hydrogen (secondary N) is 1. The van der Waals surface area contributed by atoms with Gasteiger partial charge in [0.25, 0.3) is 0 Å². The highest BCUT2D eigenvalue weighted by molar-refractivity contribution is 5.86. The maximum atomic E-state index is 10.6. The van der Waals surface area contributed by atoms with E-state index in [4.69, 9.17) is 5.11 Å². The van der Waals surface area contributed by atoms with E-state index in [1.807, 2.05) is 0 Å². The predicted octanol–water partition coefficient (Wildman–Crippen LogP) is -0.397. The van der Waals surface area contributed by atoms with Gasteiger partial charge >= 0.3 is 5.97 Å². The summed E-state index contributed by atoms with van der Waals surface area (Å²) in [5.41, 5.74) is 2.58. The number of carbonyl (C=O) groups excluding carboxylic acids is 1. The van der Waals surface area contributed by atoms with Crippen molar-refractivity contribution < 1.29 is 14.7 Å². The smallest absolute Gasteiger partial charge is 0.351 e. The van der Waals surface area contributed by atoms with Gasteiger partial charge in [-0.25, -0.2) is 4.79 Å². The Bertz CT molecular complexity index is 133. The number of hydroxylamine groups is 1. The molecule has 0 unspecified atom stereocenters. The van der Waals surface area contributed by atoms with Crippen LogP contribution in [0.4, 0.5) is 0 Å². The van der Waals surface area contributed by atoms with Crippen LogP contribution in [0.2, 0.25) is 0 Å². The summed E-state index contributed by atoms with van der Waals surface area (Å²) in [4.78, 5) is 14.9. The highest BCUT2D eigenvalue weighted by Gasteiger charge is 2.00. The second kappa shape index (κ2) is 4.96. The summed E-state index contributed by atoms with van der Waals surface area (Å²) in [5, 5.41) is 8.24. The van der Waals surface area contributed by atoms with Gasteiger partial charge < -0.3 is 9.94 Å². The van der Waals surface area contributed by atoms with E-state index in [1.54, 1.807) is 6.92 Å². The highest BCUT2D eigenvalue weighted by Crippen LogP contribution is 1.87. The molecule has 0 atom stereocenters. The summed E-state index contributed by atoms with van der Waals surface area (Å²) < 4.78 is 0. The Hall–Kier alpha value is -0.870. The number of aliphatic hydroxyl groups excluding tert-OH is 1. The summed E-state index contributed by atoms with van der Waals surface area (Å²) in [6.07, 6.45) is 0. The quantitative estimate of drug-likeness (QED) is 0.321. The first-order chi connectivity index (χ1) is 4.68. The van der Waals surface area contributed by atoms with Gasteiger partial charge in [0.15, 0.2) is 0 Å². The zero-order valence-corrected chi connectivity index (χ0v) is 5.89. The van der Waals surface area contributed by atoms with Crippen molar-refractivity contribution in [2.24, 2.45) is 0 Å². The molecule has 0 bridgehead atoms. The van der Waals surface area contributed by atoms with Crippen molar-refractivity contribution in [3.05, 3.63) is 12.2 Å². The van der Waals surface area contributed by atoms with Crippen LogP contribution in [0, 0.1) is 0 Å². The molecule has 0 aromatic heterocycles. The van der Waals surface area contributed by atoms with Gasteiger partial charge in [0.1, 0.15) is 0 Å². The SMILES string of the molecule is C=C(C)C(=O)ONCCO. The second-order valence-electron chi connectivity index (χ2n) is 1.79. The standard InChI is InChI=1S/C6H11NO3/c1-5(2)6(9)10-7-3-4-8/h7-8H,1,3-4H2,2H3. The van der Waals surface area contributed by atoms with Crippen LogP contribution in [0.25, 0.3) is 0 Å². The summed E-state index contributed by atoms with van der Waals surface area (Å²) in [6, 6.07) is 0. The molecule has 0 heterocycles. The first-order valence-corrected chi connectivity index (χ1v) is 2.89. The minimum absolute atomic E-state index is 0.0660. The van der Waals surface area contributed by atoms with E-state index in [-0.39, 0.29) is 13.2 Å². The van der Waals surface area contributed by atoms with Crippen molar-refractivity contribution in [2.75, 3.05) is 13.2 Å². The minimum atomic E-state index is -0.506. The number of hydrogen-bond acceptors (Lipinski definition) is 4. The normalized spacial score (nSPS) is 9.00. The van der Waals surface area contributed by atoms with E-state index in [9.17, 15) is 4.79 Å². The maximum Gasteiger partial charge on any atom is 0.351 e. The molecule has 0 aliphatic rings. The molecule has 0 saturated heterocycles. The highest BCUT2D eigenvalue weighted by atomic mass is 16.7. The lowest BCUT2D eigenvalue weighted by atomic mass is 10.4. The molecule has 0 aliphatic heterocycles. The molecular formula is C6H11NO3. The lowest BCUT2D eigenvalue weighted by molar-refractivity contribution is -0.146. The van der Waals surface area contributed by atoms with E-state index in [1.165, 1.54) is 0 Å². The largest absolute Gasteiger partial charge is 0.395 e. The topological polar surface area (TPSA) is 58.6 Å². The van der Waals surface area contributed by atoms with E-state index < -0.39 is 5.97 Å². The molecule has 0 radical (unpaired) electrons.